The van der Waals surface area contributed by atoms with Crippen molar-refractivity contribution < 1.29 is 14.3 Å². The maximum Gasteiger partial charge on any atom is 0.410 e. The summed E-state index contributed by atoms with van der Waals surface area (Å²) in [5.41, 5.74) is -0.443. The third-order valence-corrected chi connectivity index (χ3v) is 4.65. The summed E-state index contributed by atoms with van der Waals surface area (Å²) in [6.45, 7) is 15.6. The van der Waals surface area contributed by atoms with Crippen molar-refractivity contribution in [3.63, 3.8) is 0 Å². The molecule has 0 aliphatic carbocycles. The van der Waals surface area contributed by atoms with Gasteiger partial charge in [-0.3, -0.25) is 9.89 Å². The van der Waals surface area contributed by atoms with Gasteiger partial charge >= 0.3 is 6.09 Å². The quantitative estimate of drug-likeness (QED) is 0.566. The third-order valence-electron chi connectivity index (χ3n) is 4.65. The van der Waals surface area contributed by atoms with E-state index in [2.05, 4.69) is 34.4 Å². The molecule has 2 N–H and O–H groups in total. The number of hydrogen-bond acceptors (Lipinski definition) is 5. The molecule has 0 saturated carbocycles. The molecule has 0 aromatic rings. The van der Waals surface area contributed by atoms with Gasteiger partial charge in [0.05, 0.1) is 19.3 Å². The van der Waals surface area contributed by atoms with E-state index in [1.165, 1.54) is 0 Å². The van der Waals surface area contributed by atoms with Crippen molar-refractivity contribution in [3.05, 3.63) is 0 Å². The van der Waals surface area contributed by atoms with Crippen LogP contribution in [0.2, 0.25) is 0 Å². The molecule has 26 heavy (non-hydrogen) atoms. The lowest BCUT2D eigenvalue weighted by Gasteiger charge is -2.42. The summed E-state index contributed by atoms with van der Waals surface area (Å²) in [5, 5.41) is 6.78. The maximum atomic E-state index is 12.0. The SMILES string of the molecule is CN=C(NCC(C)(C)N1CCOCC1)NC1CN(C(=O)OC(C)(C)C)C1. The summed E-state index contributed by atoms with van der Waals surface area (Å²) in [6.07, 6.45) is -0.257. The van der Waals surface area contributed by atoms with Gasteiger partial charge in [-0.25, -0.2) is 4.79 Å². The van der Waals surface area contributed by atoms with Crippen molar-refractivity contribution in [2.24, 2.45) is 4.99 Å². The Hall–Kier alpha value is -1.54. The number of morpholine rings is 1. The Morgan fingerprint density at radius 1 is 1.19 bits per heavy atom. The van der Waals surface area contributed by atoms with Crippen LogP contribution in [0.4, 0.5) is 4.79 Å². The largest absolute Gasteiger partial charge is 0.444 e. The fraction of sp³-hybridized carbons (Fsp3) is 0.889. The van der Waals surface area contributed by atoms with Gasteiger partial charge in [0.2, 0.25) is 0 Å². The Morgan fingerprint density at radius 2 is 1.81 bits per heavy atom. The lowest BCUT2D eigenvalue weighted by atomic mass is 10.0. The van der Waals surface area contributed by atoms with E-state index in [1.807, 2.05) is 20.8 Å². The summed E-state index contributed by atoms with van der Waals surface area (Å²) in [4.78, 5) is 20.4. The van der Waals surface area contributed by atoms with Crippen LogP contribution in [0.25, 0.3) is 0 Å². The number of nitrogens with zero attached hydrogens (tertiary/aromatic N) is 3. The van der Waals surface area contributed by atoms with Crippen molar-refractivity contribution >= 4 is 12.1 Å². The Morgan fingerprint density at radius 3 is 2.35 bits per heavy atom. The molecule has 2 aliphatic heterocycles. The molecule has 2 heterocycles. The molecular weight excluding hydrogens is 334 g/mol. The van der Waals surface area contributed by atoms with Crippen LogP contribution < -0.4 is 10.6 Å². The third kappa shape index (κ3) is 6.02. The Labute approximate surface area is 157 Å². The van der Waals surface area contributed by atoms with Crippen LogP contribution in [0.5, 0.6) is 0 Å². The van der Waals surface area contributed by atoms with Crippen LogP contribution in [-0.2, 0) is 9.47 Å². The van der Waals surface area contributed by atoms with E-state index >= 15 is 0 Å². The number of amides is 1. The van der Waals surface area contributed by atoms with Crippen molar-refractivity contribution in [1.29, 1.82) is 0 Å². The molecule has 0 atom stereocenters. The standard InChI is InChI=1S/C18H35N5O3/c1-17(2,3)26-16(24)22-11-14(12-22)21-15(19-6)20-13-18(4,5)23-7-9-25-10-8-23/h14H,7-13H2,1-6H3,(H2,19,20,21). The minimum Gasteiger partial charge on any atom is -0.444 e. The maximum absolute atomic E-state index is 12.0. The molecule has 2 aliphatic rings. The summed E-state index contributed by atoms with van der Waals surface area (Å²) in [5.74, 6) is 0.764. The number of hydrogen-bond donors (Lipinski definition) is 2. The zero-order chi connectivity index (χ0) is 19.4. The number of carbonyl (C=O) groups excluding carboxylic acids is 1. The van der Waals surface area contributed by atoms with E-state index in [0.29, 0.717) is 13.1 Å². The van der Waals surface area contributed by atoms with Crippen molar-refractivity contribution in [1.82, 2.24) is 20.4 Å². The Bertz CT molecular complexity index is 503. The molecule has 1 amide bonds. The molecule has 2 saturated heterocycles. The first-order valence-corrected chi connectivity index (χ1v) is 9.38. The van der Waals surface area contributed by atoms with Crippen molar-refractivity contribution in [2.75, 3.05) is 53.0 Å². The first-order chi connectivity index (χ1) is 12.1. The molecule has 8 heteroatoms. The van der Waals surface area contributed by atoms with E-state index in [1.54, 1.807) is 11.9 Å². The van der Waals surface area contributed by atoms with Crippen LogP contribution in [0.15, 0.2) is 4.99 Å². The number of carbonyl (C=O) groups is 1. The van der Waals surface area contributed by atoms with E-state index in [4.69, 9.17) is 9.47 Å². The fourth-order valence-corrected chi connectivity index (χ4v) is 3.01. The summed E-state index contributed by atoms with van der Waals surface area (Å²) in [6, 6.07) is 0.195. The van der Waals surface area contributed by atoms with Gasteiger partial charge in [-0.05, 0) is 34.6 Å². The van der Waals surface area contributed by atoms with Crippen molar-refractivity contribution in [3.8, 4) is 0 Å². The molecule has 2 fully saturated rings. The molecule has 0 aromatic heterocycles. The summed E-state index contributed by atoms with van der Waals surface area (Å²) < 4.78 is 10.8. The second kappa shape index (κ2) is 8.43. The monoisotopic (exact) mass is 369 g/mol. The van der Waals surface area contributed by atoms with Gasteiger partial charge in [-0.15, -0.1) is 0 Å². The highest BCUT2D eigenvalue weighted by Gasteiger charge is 2.34. The van der Waals surface area contributed by atoms with Crippen LogP contribution in [0.3, 0.4) is 0 Å². The molecule has 0 aromatic carbocycles. The first kappa shape index (κ1) is 20.8. The lowest BCUT2D eigenvalue weighted by molar-refractivity contribution is -0.00845. The van der Waals surface area contributed by atoms with Gasteiger partial charge in [-0.1, -0.05) is 0 Å². The molecular formula is C18H35N5O3. The fourth-order valence-electron chi connectivity index (χ4n) is 3.01. The van der Waals surface area contributed by atoms with Crippen molar-refractivity contribution in [2.45, 2.75) is 51.8 Å². The predicted molar refractivity (Wildman–Crippen MR) is 103 cm³/mol. The highest BCUT2D eigenvalue weighted by Crippen LogP contribution is 2.16. The molecule has 0 spiro atoms. The number of guanidine groups is 1. The predicted octanol–water partition coefficient (Wildman–Crippen LogP) is 0.882. The van der Waals surface area contributed by atoms with Gasteiger partial charge in [0.1, 0.15) is 5.60 Å². The second-order valence-electron chi connectivity index (χ2n) is 8.56. The number of aliphatic imine (C=N–C) groups is 1. The topological polar surface area (TPSA) is 78.4 Å². The van der Waals surface area contributed by atoms with E-state index < -0.39 is 5.60 Å². The summed E-state index contributed by atoms with van der Waals surface area (Å²) in [7, 11) is 1.77. The first-order valence-electron chi connectivity index (χ1n) is 9.38. The Balaban J connectivity index is 1.73. The lowest BCUT2D eigenvalue weighted by Crippen LogP contribution is -2.64. The van der Waals surface area contributed by atoms with Crippen LogP contribution in [0.1, 0.15) is 34.6 Å². The number of likely N-dealkylation sites (tertiary alicyclic amines) is 1. The van der Waals surface area contributed by atoms with Crippen LogP contribution in [0, 0.1) is 0 Å². The minimum absolute atomic E-state index is 0.0174. The van der Waals surface area contributed by atoms with Crippen LogP contribution in [-0.4, -0.2) is 92.0 Å². The van der Waals surface area contributed by atoms with Gasteiger partial charge in [0.15, 0.2) is 5.96 Å². The number of nitrogens with one attached hydrogen (secondary N) is 2. The second-order valence-corrected chi connectivity index (χ2v) is 8.56. The molecule has 2 rings (SSSR count). The average Bonchev–Trinajstić information content (AvgIpc) is 2.52. The number of ether oxygens (including phenoxy) is 2. The smallest absolute Gasteiger partial charge is 0.410 e. The molecule has 0 bridgehead atoms. The minimum atomic E-state index is -0.460. The van der Waals surface area contributed by atoms with Gasteiger partial charge < -0.3 is 25.0 Å². The summed E-state index contributed by atoms with van der Waals surface area (Å²) >= 11 is 0. The van der Waals surface area contributed by atoms with Crippen LogP contribution >= 0.6 is 0 Å². The highest BCUT2D eigenvalue weighted by molar-refractivity contribution is 5.80. The van der Waals surface area contributed by atoms with Gasteiger partial charge in [0.25, 0.3) is 0 Å². The normalized spacial score (nSPS) is 20.5. The zero-order valence-electron chi connectivity index (χ0n) is 17.1. The van der Waals surface area contributed by atoms with E-state index in [-0.39, 0.29) is 17.7 Å². The molecule has 150 valence electrons. The Kier molecular flexibility index (Phi) is 6.74. The number of rotatable bonds is 4. The van der Waals surface area contributed by atoms with E-state index in [9.17, 15) is 4.79 Å². The highest BCUT2D eigenvalue weighted by atomic mass is 16.6. The zero-order valence-corrected chi connectivity index (χ0v) is 17.1. The molecule has 0 radical (unpaired) electrons. The molecule has 0 unspecified atom stereocenters. The van der Waals surface area contributed by atoms with Gasteiger partial charge in [-0.2, -0.15) is 0 Å². The average molecular weight is 370 g/mol. The van der Waals surface area contributed by atoms with E-state index in [0.717, 1.165) is 38.8 Å². The van der Waals surface area contributed by atoms with Gasteiger partial charge in [0, 0.05) is 45.3 Å². The molecule has 8 nitrogen and oxygen atoms in total.